The standard InChI is InChI=1S/C11H16N2O2S/c1-4-6-7(3)11(5-2)8(14)12-10(16)13-9(11)15/h4,6-7H,5H2,1-3H3,(H2,12,13,14,15,16)/b6-4+/t7-/m0/s1. The summed E-state index contributed by atoms with van der Waals surface area (Å²) in [5, 5.41) is 5.12. The molecule has 0 unspecified atom stereocenters. The molecule has 88 valence electrons. The van der Waals surface area contributed by atoms with Gasteiger partial charge in [-0.3, -0.25) is 9.59 Å². The maximum absolute atomic E-state index is 12.0. The third kappa shape index (κ3) is 1.87. The summed E-state index contributed by atoms with van der Waals surface area (Å²) < 4.78 is 0. The average molecular weight is 240 g/mol. The van der Waals surface area contributed by atoms with E-state index in [0.29, 0.717) is 6.42 Å². The molecule has 1 atom stereocenters. The fraction of sp³-hybridized carbons (Fsp3) is 0.545. The molecule has 0 saturated carbocycles. The summed E-state index contributed by atoms with van der Waals surface area (Å²) in [5.41, 5.74) is -1.05. The first-order chi connectivity index (χ1) is 7.48. The van der Waals surface area contributed by atoms with Crippen LogP contribution in [0.3, 0.4) is 0 Å². The topological polar surface area (TPSA) is 58.2 Å². The van der Waals surface area contributed by atoms with Crippen LogP contribution in [0.1, 0.15) is 27.2 Å². The lowest BCUT2D eigenvalue weighted by Gasteiger charge is -2.37. The van der Waals surface area contributed by atoms with Crippen LogP contribution in [-0.2, 0) is 9.59 Å². The molecule has 0 spiro atoms. The lowest BCUT2D eigenvalue weighted by Crippen LogP contribution is -2.64. The van der Waals surface area contributed by atoms with Crippen LogP contribution in [0, 0.1) is 11.3 Å². The molecule has 0 aromatic carbocycles. The zero-order valence-corrected chi connectivity index (χ0v) is 10.5. The van der Waals surface area contributed by atoms with E-state index in [9.17, 15) is 9.59 Å². The number of thiocarbonyl (C=S) groups is 1. The van der Waals surface area contributed by atoms with E-state index in [2.05, 4.69) is 10.6 Å². The number of nitrogens with one attached hydrogen (secondary N) is 2. The Morgan fingerprint density at radius 2 is 1.88 bits per heavy atom. The number of carbonyl (C=O) groups is 2. The average Bonchev–Trinajstić information content (AvgIpc) is 2.18. The fourth-order valence-electron chi connectivity index (χ4n) is 2.07. The van der Waals surface area contributed by atoms with Crippen molar-refractivity contribution in [3.63, 3.8) is 0 Å². The third-order valence-corrected chi connectivity index (χ3v) is 3.28. The van der Waals surface area contributed by atoms with Gasteiger partial charge in [-0.25, -0.2) is 0 Å². The lowest BCUT2D eigenvalue weighted by atomic mass is 9.71. The maximum Gasteiger partial charge on any atom is 0.242 e. The van der Waals surface area contributed by atoms with Gasteiger partial charge < -0.3 is 10.6 Å². The van der Waals surface area contributed by atoms with Gasteiger partial charge in [0, 0.05) is 0 Å². The van der Waals surface area contributed by atoms with Crippen molar-refractivity contribution in [3.05, 3.63) is 12.2 Å². The second kappa shape index (κ2) is 4.74. The smallest absolute Gasteiger partial charge is 0.242 e. The number of carbonyl (C=O) groups excluding carboxylic acids is 2. The summed E-state index contributed by atoms with van der Waals surface area (Å²) in [5.74, 6) is -0.783. The predicted octanol–water partition coefficient (Wildman–Crippen LogP) is 1.13. The highest BCUT2D eigenvalue weighted by Gasteiger charge is 2.50. The van der Waals surface area contributed by atoms with Crippen LogP contribution in [0.5, 0.6) is 0 Å². The van der Waals surface area contributed by atoms with Crippen molar-refractivity contribution in [2.24, 2.45) is 11.3 Å². The normalized spacial score (nSPS) is 21.8. The first-order valence-electron chi connectivity index (χ1n) is 5.28. The minimum atomic E-state index is -1.05. The van der Waals surface area contributed by atoms with E-state index in [1.54, 1.807) is 0 Å². The molecule has 4 nitrogen and oxygen atoms in total. The highest BCUT2D eigenvalue weighted by atomic mass is 32.1. The molecule has 2 N–H and O–H groups in total. The number of hydrogen-bond acceptors (Lipinski definition) is 3. The Hall–Kier alpha value is -1.23. The molecule has 1 aliphatic rings. The van der Waals surface area contributed by atoms with Crippen molar-refractivity contribution in [2.45, 2.75) is 27.2 Å². The summed E-state index contributed by atoms with van der Waals surface area (Å²) >= 11 is 4.78. The van der Waals surface area contributed by atoms with E-state index in [0.717, 1.165) is 0 Å². The number of amides is 2. The molecule has 0 bridgehead atoms. The van der Waals surface area contributed by atoms with Crippen LogP contribution in [0.15, 0.2) is 12.2 Å². The zero-order valence-electron chi connectivity index (χ0n) is 9.66. The Labute approximate surface area is 100 Å². The van der Waals surface area contributed by atoms with Gasteiger partial charge in [-0.15, -0.1) is 0 Å². The number of rotatable bonds is 3. The molecule has 16 heavy (non-hydrogen) atoms. The molecule has 0 radical (unpaired) electrons. The molecular weight excluding hydrogens is 224 g/mol. The third-order valence-electron chi connectivity index (χ3n) is 3.08. The molecule has 1 fully saturated rings. The summed E-state index contributed by atoms with van der Waals surface area (Å²) in [6.07, 6.45) is 4.14. The minimum Gasteiger partial charge on any atom is -0.302 e. The molecule has 0 aliphatic carbocycles. The van der Waals surface area contributed by atoms with Crippen molar-refractivity contribution in [3.8, 4) is 0 Å². The molecule has 1 aliphatic heterocycles. The van der Waals surface area contributed by atoms with E-state index in [1.807, 2.05) is 32.9 Å². The van der Waals surface area contributed by atoms with E-state index >= 15 is 0 Å². The minimum absolute atomic E-state index is 0.0896. The van der Waals surface area contributed by atoms with Crippen LogP contribution in [-0.4, -0.2) is 16.9 Å². The first-order valence-corrected chi connectivity index (χ1v) is 5.69. The van der Waals surface area contributed by atoms with E-state index in [4.69, 9.17) is 12.2 Å². The monoisotopic (exact) mass is 240 g/mol. The van der Waals surface area contributed by atoms with Crippen LogP contribution in [0.2, 0.25) is 0 Å². The van der Waals surface area contributed by atoms with Gasteiger partial charge >= 0.3 is 0 Å². The van der Waals surface area contributed by atoms with Gasteiger partial charge in [0.25, 0.3) is 0 Å². The van der Waals surface area contributed by atoms with E-state index in [-0.39, 0.29) is 22.8 Å². The molecule has 1 rings (SSSR count). The summed E-state index contributed by atoms with van der Waals surface area (Å²) in [4.78, 5) is 24.0. The van der Waals surface area contributed by atoms with Gasteiger partial charge in [0.2, 0.25) is 11.8 Å². The second-order valence-corrected chi connectivity index (χ2v) is 4.28. The molecule has 5 heteroatoms. The van der Waals surface area contributed by atoms with Gasteiger partial charge in [0.1, 0.15) is 5.41 Å². The largest absolute Gasteiger partial charge is 0.302 e. The Balaban J connectivity index is 3.15. The number of allylic oxidation sites excluding steroid dienone is 2. The molecular formula is C11H16N2O2S. The Morgan fingerprint density at radius 1 is 1.38 bits per heavy atom. The lowest BCUT2D eigenvalue weighted by molar-refractivity contribution is -0.146. The van der Waals surface area contributed by atoms with Crippen LogP contribution < -0.4 is 10.6 Å². The highest BCUT2D eigenvalue weighted by molar-refractivity contribution is 7.80. The fourth-order valence-corrected chi connectivity index (χ4v) is 2.26. The molecule has 1 saturated heterocycles. The van der Waals surface area contributed by atoms with E-state index in [1.165, 1.54) is 0 Å². The zero-order chi connectivity index (χ0) is 12.3. The molecule has 1 heterocycles. The van der Waals surface area contributed by atoms with Crippen LogP contribution in [0.25, 0.3) is 0 Å². The van der Waals surface area contributed by atoms with Crippen molar-refractivity contribution in [1.82, 2.24) is 10.6 Å². The molecule has 0 aromatic rings. The highest BCUT2D eigenvalue weighted by Crippen LogP contribution is 2.34. The van der Waals surface area contributed by atoms with Crippen molar-refractivity contribution < 1.29 is 9.59 Å². The summed E-state index contributed by atoms with van der Waals surface area (Å²) in [6, 6.07) is 0. The Morgan fingerprint density at radius 3 is 2.25 bits per heavy atom. The SMILES string of the molecule is C/C=C/[C@H](C)C1(CC)C(=O)NC(=S)NC1=O. The van der Waals surface area contributed by atoms with Crippen LogP contribution in [0.4, 0.5) is 0 Å². The van der Waals surface area contributed by atoms with E-state index < -0.39 is 5.41 Å². The van der Waals surface area contributed by atoms with Gasteiger partial charge in [-0.1, -0.05) is 26.0 Å². The van der Waals surface area contributed by atoms with Gasteiger partial charge in [-0.05, 0) is 31.5 Å². The molecule has 2 amide bonds. The quantitative estimate of drug-likeness (QED) is 0.441. The summed E-state index contributed by atoms with van der Waals surface area (Å²) in [6.45, 7) is 5.55. The number of hydrogen-bond donors (Lipinski definition) is 2. The van der Waals surface area contributed by atoms with Crippen LogP contribution >= 0.6 is 12.2 Å². The molecule has 0 aromatic heterocycles. The van der Waals surface area contributed by atoms with Crippen molar-refractivity contribution in [1.29, 1.82) is 0 Å². The summed E-state index contributed by atoms with van der Waals surface area (Å²) in [7, 11) is 0. The second-order valence-electron chi connectivity index (χ2n) is 3.88. The first kappa shape index (κ1) is 12.8. The van der Waals surface area contributed by atoms with Gasteiger partial charge in [0.05, 0.1) is 0 Å². The Kier molecular flexibility index (Phi) is 3.80. The predicted molar refractivity (Wildman–Crippen MR) is 65.6 cm³/mol. The van der Waals surface area contributed by atoms with Gasteiger partial charge in [0.15, 0.2) is 5.11 Å². The van der Waals surface area contributed by atoms with Crippen molar-refractivity contribution in [2.75, 3.05) is 0 Å². The Bertz CT molecular complexity index is 343. The van der Waals surface area contributed by atoms with Crippen molar-refractivity contribution >= 4 is 29.1 Å². The van der Waals surface area contributed by atoms with Gasteiger partial charge in [-0.2, -0.15) is 0 Å². The maximum atomic E-state index is 12.0.